The van der Waals surface area contributed by atoms with Crippen molar-refractivity contribution in [3.05, 3.63) is 193 Å². The molecule has 0 radical (unpaired) electrons. The number of nitrogens with two attached hydrogens (primary N) is 1. The first-order chi connectivity index (χ1) is 29.7. The number of allylic oxidation sites excluding steroid dienone is 5. The van der Waals surface area contributed by atoms with Crippen molar-refractivity contribution in [1.29, 1.82) is 0 Å². The number of hydrogen-bond acceptors (Lipinski definition) is 1. The molecule has 2 aromatic heterocycles. The predicted molar refractivity (Wildman–Crippen MR) is 278 cm³/mol. The van der Waals surface area contributed by atoms with Gasteiger partial charge < -0.3 is 15.7 Å². The maximum atomic E-state index is 4.98. The zero-order chi connectivity index (χ0) is 45.5. The highest BCUT2D eigenvalue weighted by Gasteiger charge is 2.16. The smallest absolute Gasteiger partial charge is 0.0471 e. The molecule has 0 aliphatic rings. The minimum Gasteiger partial charge on any atom is -0.405 e. The van der Waals surface area contributed by atoms with Crippen LogP contribution in [0.4, 0.5) is 0 Å². The number of para-hydroxylation sites is 1. The molecule has 0 spiro atoms. The van der Waals surface area contributed by atoms with Gasteiger partial charge >= 0.3 is 0 Å². The van der Waals surface area contributed by atoms with Crippen molar-refractivity contribution in [1.82, 2.24) is 9.97 Å². The fourth-order valence-corrected chi connectivity index (χ4v) is 7.33. The van der Waals surface area contributed by atoms with Crippen molar-refractivity contribution in [3.8, 4) is 22.3 Å². The molecule has 3 heteroatoms. The Morgan fingerprint density at radius 2 is 1.06 bits per heavy atom. The summed E-state index contributed by atoms with van der Waals surface area (Å²) in [5.74, 6) is 0. The van der Waals surface area contributed by atoms with Gasteiger partial charge in [-0.3, -0.25) is 0 Å². The third-order valence-electron chi connectivity index (χ3n) is 10.7. The standard InChI is InChI=1S/C37H34N2.C11H16.C5H9N.C4H6.C2H6/c1-5-8-25-20-32-28-9-6-7-10-33(28)38-36(32)22-30(25)26-13-17-29-31-19-24(14-18-34(31)39-35(29)21-26)23-11-15-27(16-12-23)37(2,3)4;1-9-5-7-10(8-6-9)11(2,3)4;1-2-3-4-5-6;1-3-4-2;1-2/h6-7,9-22,38-39H,5,8H2,1-4H3;5-8H,1-4H3;2-5H,6H2,1H3;3-4H,1-2H2;1-2H3/b;;3-2-,5-4-;;. The Morgan fingerprint density at radius 3 is 1.61 bits per heavy atom. The van der Waals surface area contributed by atoms with Crippen LogP contribution < -0.4 is 5.73 Å². The lowest BCUT2D eigenvalue weighted by molar-refractivity contribution is 0.590. The Morgan fingerprint density at radius 1 is 0.548 bits per heavy atom. The van der Waals surface area contributed by atoms with E-state index in [0.29, 0.717) is 0 Å². The lowest BCUT2D eigenvalue weighted by Crippen LogP contribution is -2.10. The maximum absolute atomic E-state index is 4.98. The van der Waals surface area contributed by atoms with Gasteiger partial charge in [-0.2, -0.15) is 0 Å². The van der Waals surface area contributed by atoms with E-state index in [1.165, 1.54) is 94.3 Å². The second kappa shape index (κ2) is 22.5. The Balaban J connectivity index is 0.000000303. The summed E-state index contributed by atoms with van der Waals surface area (Å²) >= 11 is 0. The Labute approximate surface area is 373 Å². The molecule has 6 aromatic carbocycles. The highest BCUT2D eigenvalue weighted by molar-refractivity contribution is 6.11. The van der Waals surface area contributed by atoms with Crippen LogP contribution in [0, 0.1) is 6.92 Å². The molecule has 0 amide bonds. The van der Waals surface area contributed by atoms with Crippen LogP contribution in [-0.2, 0) is 17.3 Å². The Bertz CT molecular complexity index is 2700. The second-order valence-corrected chi connectivity index (χ2v) is 17.4. The average Bonchev–Trinajstić information content (AvgIpc) is 3.83. The molecule has 0 unspecified atom stereocenters. The summed E-state index contributed by atoms with van der Waals surface area (Å²) in [5.41, 5.74) is 20.8. The van der Waals surface area contributed by atoms with Gasteiger partial charge in [0, 0.05) is 43.6 Å². The number of aromatic amines is 2. The summed E-state index contributed by atoms with van der Waals surface area (Å²) in [6.07, 6.45) is 12.5. The van der Waals surface area contributed by atoms with Gasteiger partial charge in [0.1, 0.15) is 0 Å². The van der Waals surface area contributed by atoms with Gasteiger partial charge in [0.05, 0.1) is 0 Å². The fraction of sp³-hybridized carbons (Fsp3) is 0.254. The monoisotopic (exact) mass is 822 g/mol. The summed E-state index contributed by atoms with van der Waals surface area (Å²) in [5, 5.41) is 5.15. The van der Waals surface area contributed by atoms with Gasteiger partial charge in [-0.1, -0.05) is 197 Å². The summed E-state index contributed by atoms with van der Waals surface area (Å²) in [6, 6.07) is 44.8. The Hall–Kier alpha value is -6.32. The lowest BCUT2D eigenvalue weighted by atomic mass is 9.86. The number of nitrogens with one attached hydrogen (secondary N) is 2. The number of benzene rings is 6. The topological polar surface area (TPSA) is 57.6 Å². The highest BCUT2D eigenvalue weighted by Crippen LogP contribution is 2.37. The quantitative estimate of drug-likeness (QED) is 0.144. The maximum Gasteiger partial charge on any atom is 0.0471 e. The summed E-state index contributed by atoms with van der Waals surface area (Å²) in [4.78, 5) is 7.34. The van der Waals surface area contributed by atoms with Gasteiger partial charge in [0.2, 0.25) is 0 Å². The van der Waals surface area contributed by atoms with Crippen LogP contribution in [0.15, 0.2) is 171 Å². The molecule has 62 heavy (non-hydrogen) atoms. The van der Waals surface area contributed by atoms with E-state index in [4.69, 9.17) is 5.73 Å². The molecule has 0 saturated heterocycles. The van der Waals surface area contributed by atoms with Crippen molar-refractivity contribution in [2.45, 2.75) is 99.8 Å². The molecular weight excluding hydrogens is 751 g/mol. The second-order valence-electron chi connectivity index (χ2n) is 17.4. The summed E-state index contributed by atoms with van der Waals surface area (Å²) in [7, 11) is 0. The van der Waals surface area contributed by atoms with Crippen LogP contribution in [0.1, 0.15) is 97.9 Å². The molecular formula is C59H71N3. The molecule has 322 valence electrons. The van der Waals surface area contributed by atoms with Gasteiger partial charge in [-0.25, -0.2) is 0 Å². The van der Waals surface area contributed by atoms with E-state index in [9.17, 15) is 0 Å². The highest BCUT2D eigenvalue weighted by atomic mass is 14.7. The van der Waals surface area contributed by atoms with E-state index in [1.54, 1.807) is 18.2 Å². The van der Waals surface area contributed by atoms with Crippen LogP contribution >= 0.6 is 0 Å². The first-order valence-electron chi connectivity index (χ1n) is 22.2. The third-order valence-corrected chi connectivity index (χ3v) is 10.7. The van der Waals surface area contributed by atoms with Gasteiger partial charge in [0.25, 0.3) is 0 Å². The largest absolute Gasteiger partial charge is 0.405 e. The number of aryl methyl sites for hydroxylation is 2. The van der Waals surface area contributed by atoms with Crippen molar-refractivity contribution in [2.24, 2.45) is 5.73 Å². The van der Waals surface area contributed by atoms with Crippen LogP contribution in [0.2, 0.25) is 0 Å². The molecule has 4 N–H and O–H groups in total. The minimum absolute atomic E-state index is 0.160. The van der Waals surface area contributed by atoms with Gasteiger partial charge in [0.15, 0.2) is 0 Å². The number of fused-ring (bicyclic) bond motifs is 6. The first-order valence-corrected chi connectivity index (χ1v) is 22.2. The normalized spacial score (nSPS) is 11.3. The predicted octanol–water partition coefficient (Wildman–Crippen LogP) is 17.3. The van der Waals surface area contributed by atoms with E-state index in [1.807, 2.05) is 32.9 Å². The van der Waals surface area contributed by atoms with Gasteiger partial charge in [-0.05, 0) is 119 Å². The first kappa shape index (κ1) is 48.3. The van der Waals surface area contributed by atoms with Crippen LogP contribution in [0.25, 0.3) is 65.9 Å². The van der Waals surface area contributed by atoms with Crippen molar-refractivity contribution in [3.63, 3.8) is 0 Å². The van der Waals surface area contributed by atoms with Gasteiger partial charge in [-0.15, -0.1) is 0 Å². The number of hydrogen-bond donors (Lipinski definition) is 3. The van der Waals surface area contributed by atoms with E-state index in [2.05, 4.69) is 200 Å². The lowest BCUT2D eigenvalue weighted by Gasteiger charge is -2.19. The Kier molecular flexibility index (Phi) is 17.5. The number of aromatic nitrogens is 2. The molecule has 0 bridgehead atoms. The van der Waals surface area contributed by atoms with E-state index < -0.39 is 0 Å². The zero-order valence-electron chi connectivity index (χ0n) is 39.4. The number of H-pyrrole nitrogens is 2. The average molecular weight is 822 g/mol. The minimum atomic E-state index is 0.160. The third kappa shape index (κ3) is 12.4. The molecule has 3 nitrogen and oxygen atoms in total. The van der Waals surface area contributed by atoms with E-state index >= 15 is 0 Å². The van der Waals surface area contributed by atoms with Crippen molar-refractivity contribution < 1.29 is 0 Å². The van der Waals surface area contributed by atoms with E-state index in [-0.39, 0.29) is 10.8 Å². The SMILES string of the molecule is C/C=C\C=C/N.C=CC=C.CC.CCCc1cc2c(cc1-c1ccc3c(c1)[nH]c1ccc(-c4ccc(C(C)(C)C)cc4)cc13)[nH]c1ccccc12.Cc1ccc(C(C)(C)C)cc1. The van der Waals surface area contributed by atoms with Crippen LogP contribution in [0.3, 0.4) is 0 Å². The molecule has 0 aliphatic heterocycles. The fourth-order valence-electron chi connectivity index (χ4n) is 7.33. The van der Waals surface area contributed by atoms with Crippen LogP contribution in [-0.4, -0.2) is 9.97 Å². The van der Waals surface area contributed by atoms with E-state index in [0.717, 1.165) is 12.8 Å². The molecule has 8 rings (SSSR count). The molecule has 0 saturated carbocycles. The summed E-state index contributed by atoms with van der Waals surface area (Å²) in [6.45, 7) is 30.5. The van der Waals surface area contributed by atoms with Crippen molar-refractivity contribution >= 4 is 43.6 Å². The van der Waals surface area contributed by atoms with Crippen molar-refractivity contribution in [2.75, 3.05) is 0 Å². The summed E-state index contributed by atoms with van der Waals surface area (Å²) < 4.78 is 0. The zero-order valence-corrected chi connectivity index (χ0v) is 39.4. The molecule has 0 fully saturated rings. The molecule has 8 aromatic rings. The molecule has 2 heterocycles. The number of rotatable bonds is 6. The van der Waals surface area contributed by atoms with Crippen LogP contribution in [0.5, 0.6) is 0 Å². The molecule has 0 aliphatic carbocycles. The molecule has 0 atom stereocenters.